The Morgan fingerprint density at radius 3 is 2.62 bits per heavy atom. The summed E-state index contributed by atoms with van der Waals surface area (Å²) < 4.78 is 70.8. The Bertz CT molecular complexity index is 879. The highest BCUT2D eigenvalue weighted by atomic mass is 35.5. The molecule has 0 saturated heterocycles. The average molecular weight is 366 g/mol. The molecule has 2 aromatic rings. The number of nitrogens with one attached hydrogen (secondary N) is 1. The topological polar surface area (TPSA) is 59.3 Å². The second-order valence-electron chi connectivity index (χ2n) is 4.28. The number of halogens is 6. The minimum atomic E-state index is -4.82. The van der Waals surface area contributed by atoms with Crippen LogP contribution in [0.3, 0.4) is 0 Å². The minimum Gasteiger partial charge on any atom is -0.448 e. The smallest absolute Gasteiger partial charge is 0.352 e. The van der Waals surface area contributed by atoms with Crippen molar-refractivity contribution in [2.24, 2.45) is 0 Å². The lowest BCUT2D eigenvalue weighted by Gasteiger charge is -2.17. The maximum atomic E-state index is 14.0. The number of aromatic amines is 1. The zero-order valence-corrected chi connectivity index (χ0v) is 12.0. The van der Waals surface area contributed by atoms with E-state index in [0.29, 0.717) is 6.33 Å². The van der Waals surface area contributed by atoms with E-state index < -0.39 is 46.6 Å². The highest BCUT2D eigenvalue weighted by molar-refractivity contribution is 6.31. The quantitative estimate of drug-likeness (QED) is 0.650. The number of aromatic nitrogens is 2. The number of hydrogen-bond donors (Lipinski definition) is 1. The first-order valence-corrected chi connectivity index (χ1v) is 6.34. The number of nitrogens with zero attached hydrogens (tertiary/aromatic N) is 2. The van der Waals surface area contributed by atoms with Gasteiger partial charge >= 0.3 is 12.3 Å². The normalized spacial score (nSPS) is 11.4. The fourth-order valence-electron chi connectivity index (χ4n) is 1.64. The van der Waals surface area contributed by atoms with Gasteiger partial charge in [-0.05, 0) is 12.1 Å². The van der Waals surface area contributed by atoms with E-state index in [1.807, 2.05) is 4.98 Å². The van der Waals surface area contributed by atoms with Crippen LogP contribution in [0, 0.1) is 12.4 Å². The van der Waals surface area contributed by atoms with Gasteiger partial charge in [0.1, 0.15) is 0 Å². The van der Waals surface area contributed by atoms with Crippen LogP contribution in [0.4, 0.5) is 27.6 Å². The van der Waals surface area contributed by atoms with Gasteiger partial charge in [0.25, 0.3) is 5.56 Å². The molecule has 0 saturated carbocycles. The Hall–Kier alpha value is -2.67. The van der Waals surface area contributed by atoms with Crippen LogP contribution in [0.25, 0.3) is 4.85 Å². The van der Waals surface area contributed by atoms with Crippen molar-refractivity contribution >= 4 is 17.3 Å². The highest BCUT2D eigenvalue weighted by Gasteiger charge is 2.47. The van der Waals surface area contributed by atoms with E-state index in [1.165, 1.54) is 0 Å². The lowest BCUT2D eigenvalue weighted by atomic mass is 10.2. The summed E-state index contributed by atoms with van der Waals surface area (Å²) in [5, 5.41) is -0.195. The summed E-state index contributed by atoms with van der Waals surface area (Å²) >= 11 is 5.63. The van der Waals surface area contributed by atoms with Crippen LogP contribution >= 0.6 is 11.6 Å². The molecule has 0 bridgehead atoms. The van der Waals surface area contributed by atoms with Crippen molar-refractivity contribution in [3.05, 3.63) is 56.8 Å². The second kappa shape index (κ2) is 6.45. The lowest BCUT2D eigenvalue weighted by Crippen LogP contribution is -2.28. The van der Waals surface area contributed by atoms with E-state index in [-0.39, 0.29) is 5.02 Å². The van der Waals surface area contributed by atoms with Gasteiger partial charge in [-0.3, -0.25) is 4.79 Å². The largest absolute Gasteiger partial charge is 0.448 e. The summed E-state index contributed by atoms with van der Waals surface area (Å²) in [5.74, 6) is -8.32. The summed E-state index contributed by atoms with van der Waals surface area (Å²) in [6.07, 6.45) is -3.71. The van der Waals surface area contributed by atoms with Crippen molar-refractivity contribution in [1.29, 1.82) is 0 Å². The molecule has 1 aromatic heterocycles. The Balaban J connectivity index is 2.63. The third kappa shape index (κ3) is 3.16. The van der Waals surface area contributed by atoms with Gasteiger partial charge in [-0.15, -0.1) is 0 Å². The van der Waals surface area contributed by atoms with Crippen molar-refractivity contribution in [3.8, 4) is 11.5 Å². The van der Waals surface area contributed by atoms with Crippen LogP contribution in [0.2, 0.25) is 5.02 Å². The van der Waals surface area contributed by atoms with Gasteiger partial charge in [0.15, 0.2) is 17.3 Å². The van der Waals surface area contributed by atoms with Crippen LogP contribution in [-0.2, 0) is 5.92 Å². The van der Waals surface area contributed by atoms with Gasteiger partial charge in [0.05, 0.1) is 12.9 Å². The molecule has 24 heavy (non-hydrogen) atoms. The van der Waals surface area contributed by atoms with Gasteiger partial charge in [-0.2, -0.15) is 8.78 Å². The Kier molecular flexibility index (Phi) is 4.75. The van der Waals surface area contributed by atoms with Crippen LogP contribution < -0.4 is 10.3 Å². The summed E-state index contributed by atoms with van der Waals surface area (Å²) in [5.41, 5.74) is -3.63. The van der Waals surface area contributed by atoms with Crippen molar-refractivity contribution in [3.63, 3.8) is 0 Å². The number of alkyl halides is 4. The monoisotopic (exact) mass is 365 g/mol. The summed E-state index contributed by atoms with van der Waals surface area (Å²) in [4.78, 5) is 19.3. The minimum absolute atomic E-state index is 0.195. The molecule has 5 nitrogen and oxygen atoms in total. The van der Waals surface area contributed by atoms with Gasteiger partial charge in [-0.25, -0.2) is 23.0 Å². The van der Waals surface area contributed by atoms with E-state index in [1.54, 1.807) is 0 Å². The fraction of sp³-hybridized carbons (Fsp3) is 0.154. The van der Waals surface area contributed by atoms with E-state index in [4.69, 9.17) is 22.9 Å². The SMILES string of the molecule is [C-]#[N+]c1cc(Cl)cc(Oc2c(C(F)(F)C(F)F)nc[nH]c2=O)c1F. The maximum absolute atomic E-state index is 14.0. The van der Waals surface area contributed by atoms with Crippen LogP contribution in [0.5, 0.6) is 11.5 Å². The lowest BCUT2D eigenvalue weighted by molar-refractivity contribution is -0.139. The van der Waals surface area contributed by atoms with Crippen LogP contribution in [0.1, 0.15) is 5.69 Å². The average Bonchev–Trinajstić information content (AvgIpc) is 2.51. The van der Waals surface area contributed by atoms with Crippen molar-refractivity contribution in [2.75, 3.05) is 0 Å². The first kappa shape index (κ1) is 17.7. The number of rotatable bonds is 4. The predicted octanol–water partition coefficient (Wildman–Crippen LogP) is 4.26. The van der Waals surface area contributed by atoms with Crippen LogP contribution in [-0.4, -0.2) is 16.4 Å². The van der Waals surface area contributed by atoms with E-state index in [9.17, 15) is 26.7 Å². The third-order valence-corrected chi connectivity index (χ3v) is 2.94. The molecule has 1 N–H and O–H groups in total. The van der Waals surface area contributed by atoms with E-state index >= 15 is 0 Å². The molecule has 0 aliphatic carbocycles. The summed E-state index contributed by atoms with van der Waals surface area (Å²) in [7, 11) is 0. The fourth-order valence-corrected chi connectivity index (χ4v) is 1.84. The van der Waals surface area contributed by atoms with Crippen molar-refractivity contribution < 1.29 is 26.7 Å². The summed E-state index contributed by atoms with van der Waals surface area (Å²) in [6, 6.07) is 1.72. The molecule has 0 atom stereocenters. The second-order valence-corrected chi connectivity index (χ2v) is 4.72. The molecule has 126 valence electrons. The number of hydrogen-bond acceptors (Lipinski definition) is 3. The van der Waals surface area contributed by atoms with E-state index in [2.05, 4.69) is 9.83 Å². The van der Waals surface area contributed by atoms with Crippen molar-refractivity contribution in [2.45, 2.75) is 12.3 Å². The molecular formula is C13H5ClF5N3O2. The zero-order chi connectivity index (χ0) is 18.1. The molecule has 0 fully saturated rings. The maximum Gasteiger partial charge on any atom is 0.352 e. The molecule has 0 radical (unpaired) electrons. The predicted molar refractivity (Wildman–Crippen MR) is 72.5 cm³/mol. The Morgan fingerprint density at radius 1 is 1.38 bits per heavy atom. The first-order chi connectivity index (χ1) is 11.2. The molecule has 2 rings (SSSR count). The summed E-state index contributed by atoms with van der Waals surface area (Å²) in [6.45, 7) is 6.77. The molecule has 0 amide bonds. The van der Waals surface area contributed by atoms with Gasteiger partial charge < -0.3 is 9.72 Å². The van der Waals surface area contributed by atoms with E-state index in [0.717, 1.165) is 12.1 Å². The zero-order valence-electron chi connectivity index (χ0n) is 11.3. The number of ether oxygens (including phenoxy) is 1. The highest BCUT2D eigenvalue weighted by Crippen LogP contribution is 2.39. The standard InChI is InChI=1S/C13H5ClF5N3O2/c1-20-6-2-5(14)3-7(8(6)15)24-9-10(13(18,19)12(16)17)21-4-22-11(9)23/h2-4,12H,(H,21,22,23). The Morgan fingerprint density at radius 2 is 2.04 bits per heavy atom. The van der Waals surface area contributed by atoms with Gasteiger partial charge in [0.2, 0.25) is 11.4 Å². The number of benzene rings is 1. The van der Waals surface area contributed by atoms with Crippen LogP contribution in [0.15, 0.2) is 23.3 Å². The number of H-pyrrole nitrogens is 1. The molecule has 0 aliphatic heterocycles. The first-order valence-electron chi connectivity index (χ1n) is 5.97. The molecule has 1 heterocycles. The van der Waals surface area contributed by atoms with Gasteiger partial charge in [0, 0.05) is 5.02 Å². The van der Waals surface area contributed by atoms with Gasteiger partial charge in [-0.1, -0.05) is 11.6 Å². The molecule has 1 aromatic carbocycles. The molecule has 0 unspecified atom stereocenters. The third-order valence-electron chi connectivity index (χ3n) is 2.72. The Labute approximate surface area is 135 Å². The molecule has 0 aliphatic rings. The molecule has 11 heteroatoms. The van der Waals surface area contributed by atoms with Crippen molar-refractivity contribution in [1.82, 2.24) is 9.97 Å². The molecule has 0 spiro atoms. The molecular weight excluding hydrogens is 361 g/mol.